The first-order valence-electron chi connectivity index (χ1n) is 8.59. The Hall–Kier alpha value is -3.81. The molecule has 1 aliphatic rings. The van der Waals surface area contributed by atoms with Crippen molar-refractivity contribution in [3.63, 3.8) is 0 Å². The van der Waals surface area contributed by atoms with Gasteiger partial charge >= 0.3 is 6.18 Å². The van der Waals surface area contributed by atoms with Gasteiger partial charge in [-0.3, -0.25) is 14.9 Å². The van der Waals surface area contributed by atoms with E-state index in [9.17, 15) is 27.9 Å². The molecule has 0 atom stereocenters. The van der Waals surface area contributed by atoms with Crippen molar-refractivity contribution in [2.24, 2.45) is 0 Å². The van der Waals surface area contributed by atoms with E-state index in [0.717, 1.165) is 6.07 Å². The zero-order valence-electron chi connectivity index (χ0n) is 14.5. The van der Waals surface area contributed by atoms with Crippen molar-refractivity contribution in [2.75, 3.05) is 0 Å². The van der Waals surface area contributed by atoms with E-state index in [0.29, 0.717) is 21.8 Å². The minimum atomic E-state index is -4.64. The Morgan fingerprint density at radius 1 is 0.828 bits per heavy atom. The molecule has 0 aliphatic carbocycles. The van der Waals surface area contributed by atoms with Crippen molar-refractivity contribution >= 4 is 33.6 Å². The predicted octanol–water partition coefficient (Wildman–Crippen LogP) is 4.60. The molecule has 3 N–H and O–H groups in total. The number of hydrogen-bond donors (Lipinski definition) is 3. The van der Waals surface area contributed by atoms with Crippen molar-refractivity contribution in [1.29, 1.82) is 0 Å². The second-order valence-corrected chi connectivity index (χ2v) is 6.78. The molecule has 4 aromatic rings. The van der Waals surface area contributed by atoms with Crippen LogP contribution in [0.1, 0.15) is 26.3 Å². The molecule has 0 fully saturated rings. The molecule has 5 nitrogen and oxygen atoms in total. The Labute approximate surface area is 160 Å². The summed E-state index contributed by atoms with van der Waals surface area (Å²) in [5.41, 5.74) is -0.221. The maximum Gasteiger partial charge on any atom is 0.417 e. The number of nitrogens with one attached hydrogen (secondary N) is 2. The summed E-state index contributed by atoms with van der Waals surface area (Å²) in [4.78, 5) is 28.1. The third-order valence-electron chi connectivity index (χ3n) is 5.07. The normalized spacial score (nSPS) is 13.9. The smallest absolute Gasteiger partial charge is 0.417 e. The zero-order valence-corrected chi connectivity index (χ0v) is 14.5. The molecule has 2 amide bonds. The Balaban J connectivity index is 1.96. The molecule has 29 heavy (non-hydrogen) atoms. The van der Waals surface area contributed by atoms with Gasteiger partial charge in [0.2, 0.25) is 0 Å². The average Bonchev–Trinajstić information content (AvgIpc) is 3.17. The van der Waals surface area contributed by atoms with Gasteiger partial charge in [-0.25, -0.2) is 0 Å². The van der Waals surface area contributed by atoms with Gasteiger partial charge in [0.05, 0.1) is 16.7 Å². The predicted molar refractivity (Wildman–Crippen MR) is 99.7 cm³/mol. The number of carbonyl (C=O) groups excluding carboxylic acids is 2. The molecule has 0 saturated heterocycles. The number of rotatable bonds is 1. The van der Waals surface area contributed by atoms with E-state index in [2.05, 4.69) is 10.3 Å². The van der Waals surface area contributed by atoms with Crippen LogP contribution >= 0.6 is 0 Å². The number of alkyl halides is 3. The number of H-pyrrole nitrogens is 1. The van der Waals surface area contributed by atoms with E-state index in [1.165, 1.54) is 36.4 Å². The molecule has 0 radical (unpaired) electrons. The lowest BCUT2D eigenvalue weighted by atomic mass is 9.90. The minimum absolute atomic E-state index is 0.00340. The summed E-state index contributed by atoms with van der Waals surface area (Å²) in [6, 6.07) is 10.8. The maximum atomic E-state index is 13.6. The van der Waals surface area contributed by atoms with Crippen molar-refractivity contribution in [1.82, 2.24) is 10.3 Å². The lowest BCUT2D eigenvalue weighted by molar-refractivity contribution is -0.137. The van der Waals surface area contributed by atoms with Crippen LogP contribution in [-0.4, -0.2) is 21.9 Å². The second-order valence-electron chi connectivity index (χ2n) is 6.78. The molecule has 0 spiro atoms. The fourth-order valence-electron chi connectivity index (χ4n) is 3.92. The van der Waals surface area contributed by atoms with Crippen molar-refractivity contribution in [3.8, 4) is 16.9 Å². The number of fused-ring (bicyclic) bond motifs is 5. The Kier molecular flexibility index (Phi) is 3.34. The average molecular weight is 396 g/mol. The van der Waals surface area contributed by atoms with Gasteiger partial charge in [0.25, 0.3) is 11.8 Å². The molecule has 0 unspecified atom stereocenters. The number of benzene rings is 3. The van der Waals surface area contributed by atoms with Crippen LogP contribution in [0.15, 0.2) is 48.5 Å². The second kappa shape index (κ2) is 5.60. The number of carbonyl (C=O) groups is 2. The van der Waals surface area contributed by atoms with Crippen LogP contribution in [0.4, 0.5) is 13.2 Å². The third kappa shape index (κ3) is 2.42. The number of amides is 2. The van der Waals surface area contributed by atoms with Gasteiger partial charge in [-0.15, -0.1) is 0 Å². The summed E-state index contributed by atoms with van der Waals surface area (Å²) in [6.07, 6.45) is -4.64. The summed E-state index contributed by atoms with van der Waals surface area (Å²) in [5.74, 6) is -1.48. The highest BCUT2D eigenvalue weighted by atomic mass is 19.4. The maximum absolute atomic E-state index is 13.6. The monoisotopic (exact) mass is 396 g/mol. The van der Waals surface area contributed by atoms with Crippen molar-refractivity contribution in [2.45, 2.75) is 6.18 Å². The lowest BCUT2D eigenvalue weighted by Crippen LogP contribution is -2.20. The largest absolute Gasteiger partial charge is 0.508 e. The van der Waals surface area contributed by atoms with Crippen LogP contribution < -0.4 is 5.32 Å². The quantitative estimate of drug-likeness (QED) is 0.412. The third-order valence-corrected chi connectivity index (χ3v) is 5.07. The molecule has 8 heteroatoms. The van der Waals surface area contributed by atoms with Gasteiger partial charge < -0.3 is 10.1 Å². The Morgan fingerprint density at radius 3 is 2.31 bits per heavy atom. The highest BCUT2D eigenvalue weighted by Crippen LogP contribution is 2.43. The number of phenolic OH excluding ortho intramolecular Hbond substituents is 1. The van der Waals surface area contributed by atoms with Crippen molar-refractivity contribution in [3.05, 3.63) is 65.2 Å². The molecule has 144 valence electrons. The Morgan fingerprint density at radius 2 is 1.55 bits per heavy atom. The lowest BCUT2D eigenvalue weighted by Gasteiger charge is -2.15. The van der Waals surface area contributed by atoms with Crippen molar-refractivity contribution < 1.29 is 27.9 Å². The fraction of sp³-hybridized carbons (Fsp3) is 0.0476. The van der Waals surface area contributed by atoms with Gasteiger partial charge in [0.15, 0.2) is 0 Å². The van der Waals surface area contributed by atoms with Crippen LogP contribution in [0, 0.1) is 0 Å². The molecular formula is C21H11F3N2O3. The van der Waals surface area contributed by atoms with Gasteiger partial charge in [-0.05, 0) is 41.5 Å². The first-order chi connectivity index (χ1) is 13.8. The number of halogens is 3. The van der Waals surface area contributed by atoms with E-state index >= 15 is 0 Å². The first-order valence-corrected chi connectivity index (χ1v) is 8.59. The molecule has 0 bridgehead atoms. The molecule has 5 rings (SSSR count). The fourth-order valence-corrected chi connectivity index (χ4v) is 3.92. The number of imide groups is 1. The number of aromatic amines is 1. The summed E-state index contributed by atoms with van der Waals surface area (Å²) < 4.78 is 40.7. The molecule has 1 aromatic heterocycles. The SMILES string of the molecule is O=C1NC(=O)c2c1c(-c1ccccc1C(F)(F)F)cc1[nH]c3ccc(O)cc3c21. The highest BCUT2D eigenvalue weighted by Gasteiger charge is 2.38. The first kappa shape index (κ1) is 17.3. The van der Waals surface area contributed by atoms with E-state index < -0.39 is 23.6 Å². The molecule has 2 heterocycles. The highest BCUT2D eigenvalue weighted by molar-refractivity contribution is 6.32. The van der Waals surface area contributed by atoms with Crippen LogP contribution in [0.2, 0.25) is 0 Å². The summed E-state index contributed by atoms with van der Waals surface area (Å²) in [5, 5.41) is 12.9. The van der Waals surface area contributed by atoms with E-state index in [1.54, 1.807) is 6.07 Å². The molecule has 3 aromatic carbocycles. The molecular weight excluding hydrogens is 385 g/mol. The topological polar surface area (TPSA) is 82.2 Å². The number of hydrogen-bond acceptors (Lipinski definition) is 3. The Bertz CT molecular complexity index is 1370. The number of phenols is 1. The van der Waals surface area contributed by atoms with E-state index in [4.69, 9.17) is 0 Å². The summed E-state index contributed by atoms with van der Waals surface area (Å²) >= 11 is 0. The van der Waals surface area contributed by atoms with E-state index in [1.807, 2.05) is 0 Å². The van der Waals surface area contributed by atoms with Crippen LogP contribution in [0.3, 0.4) is 0 Å². The van der Waals surface area contributed by atoms with E-state index in [-0.39, 0.29) is 28.0 Å². The molecule has 1 aliphatic heterocycles. The van der Waals surface area contributed by atoms with Crippen LogP contribution in [0.25, 0.3) is 32.9 Å². The summed E-state index contributed by atoms with van der Waals surface area (Å²) in [6.45, 7) is 0. The zero-order chi connectivity index (χ0) is 20.5. The minimum Gasteiger partial charge on any atom is -0.508 e. The molecule has 0 saturated carbocycles. The van der Waals surface area contributed by atoms with Gasteiger partial charge in [-0.1, -0.05) is 18.2 Å². The summed E-state index contributed by atoms with van der Waals surface area (Å²) in [7, 11) is 0. The number of aromatic nitrogens is 1. The van der Waals surface area contributed by atoms with Crippen LogP contribution in [-0.2, 0) is 6.18 Å². The standard InChI is InChI=1S/C21H11F3N2O3/c22-21(23,24)13-4-2-1-3-10(13)11-8-15-16(18-17(11)19(28)26-20(18)29)12-7-9(27)5-6-14(12)25-15/h1-8,25,27H,(H,26,28,29). The van der Waals surface area contributed by atoms with Gasteiger partial charge in [-0.2, -0.15) is 13.2 Å². The van der Waals surface area contributed by atoms with Crippen LogP contribution in [0.5, 0.6) is 5.75 Å². The number of aromatic hydroxyl groups is 1. The van der Waals surface area contributed by atoms with Gasteiger partial charge in [0.1, 0.15) is 5.75 Å². The van der Waals surface area contributed by atoms with Gasteiger partial charge in [0, 0.05) is 21.8 Å².